The molecular formula is C20H16Cl2N4O4. The van der Waals surface area contributed by atoms with E-state index in [1.54, 1.807) is 6.08 Å². The molecule has 0 unspecified atom stereocenters. The van der Waals surface area contributed by atoms with E-state index >= 15 is 0 Å². The lowest BCUT2D eigenvalue weighted by molar-refractivity contribution is -0.134. The van der Waals surface area contributed by atoms with Crippen LogP contribution in [0.5, 0.6) is 5.75 Å². The topological polar surface area (TPSA) is 112 Å². The van der Waals surface area contributed by atoms with E-state index in [1.165, 1.54) is 12.1 Å². The molecule has 8 nitrogen and oxygen atoms in total. The van der Waals surface area contributed by atoms with Gasteiger partial charge in [-0.2, -0.15) is 10.4 Å². The second-order valence-electron chi connectivity index (χ2n) is 6.86. The van der Waals surface area contributed by atoms with Crippen molar-refractivity contribution in [3.8, 4) is 11.8 Å². The van der Waals surface area contributed by atoms with Gasteiger partial charge in [-0.3, -0.25) is 14.4 Å². The smallest absolute Gasteiger partial charge is 0.251 e. The van der Waals surface area contributed by atoms with Gasteiger partial charge in [0.25, 0.3) is 5.91 Å². The van der Waals surface area contributed by atoms with Gasteiger partial charge in [-0.05, 0) is 18.1 Å². The Balaban J connectivity index is 1.92. The number of ketones is 2. The fourth-order valence-corrected chi connectivity index (χ4v) is 3.47. The first kappa shape index (κ1) is 21.7. The van der Waals surface area contributed by atoms with Gasteiger partial charge in [0.15, 0.2) is 17.3 Å². The monoisotopic (exact) mass is 446 g/mol. The number of nitriles is 1. The fourth-order valence-electron chi connectivity index (χ4n) is 2.90. The van der Waals surface area contributed by atoms with E-state index < -0.39 is 18.1 Å². The van der Waals surface area contributed by atoms with Crippen LogP contribution in [0, 0.1) is 17.2 Å². The third-order valence-electron chi connectivity index (χ3n) is 4.38. The standard InChI is InChI=1S/C20H16Cl2N4O4/c1-10(2)12-7-17(24-9-16(12)28)30-20-13(21)5-11(6-14(20)22)19-15(27)8-18(29)26(25-19)4-3-23/h5-7,10H,4,8-9H2,1-2H3. The van der Waals surface area contributed by atoms with Crippen LogP contribution >= 0.6 is 23.2 Å². The number of hydrazone groups is 1. The zero-order valence-corrected chi connectivity index (χ0v) is 17.6. The lowest BCUT2D eigenvalue weighted by Crippen LogP contribution is -2.37. The molecule has 0 fully saturated rings. The van der Waals surface area contributed by atoms with E-state index in [1.807, 2.05) is 19.9 Å². The van der Waals surface area contributed by atoms with Crippen LogP contribution in [0.1, 0.15) is 25.8 Å². The van der Waals surface area contributed by atoms with E-state index in [2.05, 4.69) is 10.1 Å². The van der Waals surface area contributed by atoms with Gasteiger partial charge in [-0.15, -0.1) is 0 Å². The molecule has 2 aliphatic heterocycles. The number of hydrogen-bond acceptors (Lipinski definition) is 7. The molecule has 0 bridgehead atoms. The van der Waals surface area contributed by atoms with Gasteiger partial charge in [-0.25, -0.2) is 10.0 Å². The van der Waals surface area contributed by atoms with Crippen LogP contribution in [0.3, 0.4) is 0 Å². The van der Waals surface area contributed by atoms with Crippen LogP contribution in [-0.2, 0) is 14.4 Å². The molecule has 10 heteroatoms. The molecule has 0 spiro atoms. The molecule has 1 amide bonds. The molecule has 0 saturated carbocycles. The molecule has 3 rings (SSSR count). The maximum atomic E-state index is 12.3. The van der Waals surface area contributed by atoms with Crippen LogP contribution in [0.2, 0.25) is 10.0 Å². The second kappa shape index (κ2) is 8.78. The molecule has 2 aliphatic rings. The Kier molecular flexibility index (Phi) is 6.34. The number of rotatable bonds is 4. The number of hydrogen-bond donors (Lipinski definition) is 0. The van der Waals surface area contributed by atoms with Gasteiger partial charge in [0.05, 0.1) is 22.5 Å². The second-order valence-corrected chi connectivity index (χ2v) is 7.68. The SMILES string of the molecule is CC(C)C1=CC(Oc2c(Cl)cc(C3=NN(CC#N)C(=O)CC3=O)cc2Cl)=NCC1=O. The van der Waals surface area contributed by atoms with E-state index in [0.29, 0.717) is 5.57 Å². The number of dihydropyridines is 1. The zero-order valence-electron chi connectivity index (χ0n) is 16.1. The van der Waals surface area contributed by atoms with Crippen molar-refractivity contribution in [2.24, 2.45) is 16.0 Å². The molecule has 0 saturated heterocycles. The van der Waals surface area contributed by atoms with Crippen molar-refractivity contribution in [3.05, 3.63) is 39.4 Å². The van der Waals surface area contributed by atoms with Gasteiger partial charge < -0.3 is 4.74 Å². The summed E-state index contributed by atoms with van der Waals surface area (Å²) in [5, 5.41) is 13.9. The molecule has 0 aliphatic carbocycles. The number of aliphatic imine (C=N–C) groups is 1. The van der Waals surface area contributed by atoms with Crippen LogP contribution < -0.4 is 4.74 Å². The molecule has 1 aromatic carbocycles. The van der Waals surface area contributed by atoms with Gasteiger partial charge in [0.1, 0.15) is 18.8 Å². The molecule has 0 radical (unpaired) electrons. The van der Waals surface area contributed by atoms with E-state index in [9.17, 15) is 14.4 Å². The van der Waals surface area contributed by atoms with Crippen molar-refractivity contribution < 1.29 is 19.1 Å². The first-order chi connectivity index (χ1) is 14.2. The van der Waals surface area contributed by atoms with E-state index in [-0.39, 0.29) is 57.8 Å². The lowest BCUT2D eigenvalue weighted by atomic mass is 9.97. The summed E-state index contributed by atoms with van der Waals surface area (Å²) in [6, 6.07) is 4.68. The Labute approximate surface area is 182 Å². The summed E-state index contributed by atoms with van der Waals surface area (Å²) < 4.78 is 5.72. The number of carbonyl (C=O) groups is 3. The summed E-state index contributed by atoms with van der Waals surface area (Å²) >= 11 is 12.6. The number of amides is 1. The Morgan fingerprint density at radius 3 is 2.47 bits per heavy atom. The molecule has 30 heavy (non-hydrogen) atoms. The Morgan fingerprint density at radius 1 is 1.20 bits per heavy atom. The number of Topliss-reactive ketones (excluding diaryl/α,β-unsaturated/α-hetero) is 2. The van der Waals surface area contributed by atoms with E-state index in [4.69, 9.17) is 33.2 Å². The summed E-state index contributed by atoms with van der Waals surface area (Å²) in [7, 11) is 0. The number of carbonyl (C=O) groups excluding carboxylic acids is 3. The lowest BCUT2D eigenvalue weighted by Gasteiger charge is -2.21. The van der Waals surface area contributed by atoms with Crippen molar-refractivity contribution in [1.29, 1.82) is 5.26 Å². The van der Waals surface area contributed by atoms with Crippen molar-refractivity contribution in [1.82, 2.24) is 5.01 Å². The van der Waals surface area contributed by atoms with Crippen molar-refractivity contribution in [2.45, 2.75) is 20.3 Å². The number of halogens is 2. The van der Waals surface area contributed by atoms with Crippen LogP contribution in [-0.4, -0.2) is 47.2 Å². The summed E-state index contributed by atoms with van der Waals surface area (Å²) in [5.74, 6) is -0.811. The fraction of sp³-hybridized carbons (Fsp3) is 0.300. The molecular weight excluding hydrogens is 431 g/mol. The van der Waals surface area contributed by atoms with Gasteiger partial charge in [-0.1, -0.05) is 37.0 Å². The van der Waals surface area contributed by atoms with Gasteiger partial charge in [0, 0.05) is 17.2 Å². The predicted octanol–water partition coefficient (Wildman–Crippen LogP) is 2.96. The third-order valence-corrected chi connectivity index (χ3v) is 4.95. The first-order valence-electron chi connectivity index (χ1n) is 8.97. The maximum absolute atomic E-state index is 12.3. The largest absolute Gasteiger partial charge is 0.436 e. The first-order valence-corrected chi connectivity index (χ1v) is 9.72. The third kappa shape index (κ3) is 4.42. The highest BCUT2D eigenvalue weighted by Crippen LogP contribution is 2.35. The highest BCUT2D eigenvalue weighted by atomic mass is 35.5. The van der Waals surface area contributed by atoms with Gasteiger partial charge in [0.2, 0.25) is 5.90 Å². The predicted molar refractivity (Wildman–Crippen MR) is 111 cm³/mol. The summed E-state index contributed by atoms with van der Waals surface area (Å²) in [4.78, 5) is 40.1. The van der Waals surface area contributed by atoms with Crippen LogP contribution in [0.4, 0.5) is 0 Å². The van der Waals surface area contributed by atoms with Crippen molar-refractivity contribution in [3.63, 3.8) is 0 Å². The van der Waals surface area contributed by atoms with Crippen LogP contribution in [0.25, 0.3) is 0 Å². The van der Waals surface area contributed by atoms with Crippen LogP contribution in [0.15, 0.2) is 33.9 Å². The highest BCUT2D eigenvalue weighted by molar-refractivity contribution is 6.50. The summed E-state index contributed by atoms with van der Waals surface area (Å²) in [6.45, 7) is 3.48. The zero-order chi connectivity index (χ0) is 22.0. The summed E-state index contributed by atoms with van der Waals surface area (Å²) in [6.07, 6.45) is 1.15. The Hall–Kier alpha value is -3.02. The molecule has 0 aromatic heterocycles. The molecule has 0 atom stereocenters. The normalized spacial score (nSPS) is 16.9. The Morgan fingerprint density at radius 2 is 1.87 bits per heavy atom. The average molecular weight is 447 g/mol. The van der Waals surface area contributed by atoms with Crippen molar-refractivity contribution >= 4 is 52.3 Å². The summed E-state index contributed by atoms with van der Waals surface area (Å²) in [5.41, 5.74) is 0.855. The Bertz CT molecular complexity index is 1060. The highest BCUT2D eigenvalue weighted by Gasteiger charge is 2.29. The molecule has 0 N–H and O–H groups in total. The number of nitrogens with zero attached hydrogens (tertiary/aromatic N) is 4. The minimum atomic E-state index is -0.556. The molecule has 2 heterocycles. The quantitative estimate of drug-likeness (QED) is 0.520. The molecule has 154 valence electrons. The number of ether oxygens (including phenoxy) is 1. The molecule has 1 aromatic rings. The maximum Gasteiger partial charge on any atom is 0.251 e. The van der Waals surface area contributed by atoms with Gasteiger partial charge >= 0.3 is 0 Å². The average Bonchev–Trinajstić information content (AvgIpc) is 2.67. The van der Waals surface area contributed by atoms with Crippen molar-refractivity contribution in [2.75, 3.05) is 13.1 Å². The minimum Gasteiger partial charge on any atom is -0.436 e. The van der Waals surface area contributed by atoms with E-state index in [0.717, 1.165) is 5.01 Å². The number of benzene rings is 1. The minimum absolute atomic E-state index is 0.00862.